The Morgan fingerprint density at radius 1 is 0.870 bits per heavy atom. The summed E-state index contributed by atoms with van der Waals surface area (Å²) in [5, 5.41) is 0. The molecule has 118 valence electrons. The van der Waals surface area contributed by atoms with Gasteiger partial charge in [-0.1, -0.05) is 24.3 Å². The van der Waals surface area contributed by atoms with E-state index in [0.717, 1.165) is 18.5 Å². The second-order valence-electron chi connectivity index (χ2n) is 5.97. The molecule has 0 radical (unpaired) electrons. The van der Waals surface area contributed by atoms with Crippen molar-refractivity contribution in [3.8, 4) is 0 Å². The fourth-order valence-corrected chi connectivity index (χ4v) is 2.84. The van der Waals surface area contributed by atoms with Crippen LogP contribution in [0.2, 0.25) is 0 Å². The fraction of sp³-hybridized carbons (Fsp3) is 0.263. The van der Waals surface area contributed by atoms with Crippen molar-refractivity contribution in [2.75, 3.05) is 25.5 Å². The molecule has 4 nitrogen and oxygen atoms in total. The Morgan fingerprint density at radius 3 is 1.96 bits per heavy atom. The van der Waals surface area contributed by atoms with E-state index in [1.165, 1.54) is 10.5 Å². The van der Waals surface area contributed by atoms with E-state index >= 15 is 0 Å². The van der Waals surface area contributed by atoms with E-state index in [0.29, 0.717) is 17.7 Å². The van der Waals surface area contributed by atoms with Gasteiger partial charge >= 0.3 is 0 Å². The van der Waals surface area contributed by atoms with Gasteiger partial charge in [-0.2, -0.15) is 0 Å². The molecule has 0 unspecified atom stereocenters. The average Bonchev–Trinajstić information content (AvgIpc) is 2.81. The maximum Gasteiger partial charge on any atom is 0.261 e. The van der Waals surface area contributed by atoms with Gasteiger partial charge in [0.05, 0.1) is 11.1 Å². The first kappa shape index (κ1) is 15.3. The first-order valence-corrected chi connectivity index (χ1v) is 7.79. The zero-order chi connectivity index (χ0) is 16.4. The third kappa shape index (κ3) is 2.97. The topological polar surface area (TPSA) is 40.6 Å². The SMILES string of the molecule is CN(C)c1ccc(CCCN2C(=O)c3ccccc3C2=O)cc1. The van der Waals surface area contributed by atoms with Gasteiger partial charge in [-0.15, -0.1) is 0 Å². The Morgan fingerprint density at radius 2 is 1.43 bits per heavy atom. The van der Waals surface area contributed by atoms with Crippen LogP contribution in [-0.2, 0) is 6.42 Å². The molecule has 0 atom stereocenters. The number of carbonyl (C=O) groups is 2. The lowest BCUT2D eigenvalue weighted by atomic mass is 10.1. The Balaban J connectivity index is 1.59. The Labute approximate surface area is 136 Å². The van der Waals surface area contributed by atoms with E-state index in [1.807, 2.05) is 14.1 Å². The molecular weight excluding hydrogens is 288 g/mol. The van der Waals surface area contributed by atoms with E-state index in [4.69, 9.17) is 0 Å². The number of hydrogen-bond acceptors (Lipinski definition) is 3. The molecule has 1 aliphatic rings. The standard InChI is InChI=1S/C19H20N2O2/c1-20(2)15-11-9-14(10-12-15)6-5-13-21-18(22)16-7-3-4-8-17(16)19(21)23/h3-4,7-12H,5-6,13H2,1-2H3. The van der Waals surface area contributed by atoms with Crippen LogP contribution in [0, 0.1) is 0 Å². The molecule has 2 aromatic rings. The maximum atomic E-state index is 12.3. The lowest BCUT2D eigenvalue weighted by molar-refractivity contribution is 0.0652. The van der Waals surface area contributed by atoms with Crippen molar-refractivity contribution in [1.29, 1.82) is 0 Å². The second kappa shape index (κ2) is 6.24. The quantitative estimate of drug-likeness (QED) is 0.797. The van der Waals surface area contributed by atoms with Crippen molar-refractivity contribution < 1.29 is 9.59 Å². The zero-order valence-corrected chi connectivity index (χ0v) is 13.5. The molecule has 2 amide bonds. The van der Waals surface area contributed by atoms with Gasteiger partial charge < -0.3 is 4.90 Å². The molecule has 0 aromatic heterocycles. The highest BCUT2D eigenvalue weighted by Crippen LogP contribution is 2.23. The van der Waals surface area contributed by atoms with Crippen molar-refractivity contribution in [3.63, 3.8) is 0 Å². The summed E-state index contributed by atoms with van der Waals surface area (Å²) in [7, 11) is 4.02. The van der Waals surface area contributed by atoms with Gasteiger partial charge in [0.2, 0.25) is 0 Å². The summed E-state index contributed by atoms with van der Waals surface area (Å²) in [5.74, 6) is -0.345. The number of nitrogens with zero attached hydrogens (tertiary/aromatic N) is 2. The third-order valence-corrected chi connectivity index (χ3v) is 4.18. The van der Waals surface area contributed by atoms with Gasteiger partial charge in [0, 0.05) is 26.3 Å². The minimum Gasteiger partial charge on any atom is -0.378 e. The van der Waals surface area contributed by atoms with Gasteiger partial charge in [-0.3, -0.25) is 14.5 Å². The van der Waals surface area contributed by atoms with Crippen LogP contribution in [0.5, 0.6) is 0 Å². The van der Waals surface area contributed by atoms with Crippen LogP contribution in [0.1, 0.15) is 32.7 Å². The number of hydrogen-bond donors (Lipinski definition) is 0. The van der Waals surface area contributed by atoms with Crippen molar-refractivity contribution in [1.82, 2.24) is 4.90 Å². The summed E-state index contributed by atoms with van der Waals surface area (Å²) < 4.78 is 0. The largest absolute Gasteiger partial charge is 0.378 e. The number of amides is 2. The van der Waals surface area contributed by atoms with E-state index in [1.54, 1.807) is 24.3 Å². The summed E-state index contributed by atoms with van der Waals surface area (Å²) >= 11 is 0. The maximum absolute atomic E-state index is 12.3. The lowest BCUT2D eigenvalue weighted by Crippen LogP contribution is -2.30. The number of aryl methyl sites for hydroxylation is 1. The smallest absolute Gasteiger partial charge is 0.261 e. The van der Waals surface area contributed by atoms with E-state index in [-0.39, 0.29) is 11.8 Å². The Kier molecular flexibility index (Phi) is 4.15. The molecule has 0 spiro atoms. The number of fused-ring (bicyclic) bond motifs is 1. The van der Waals surface area contributed by atoms with Crippen molar-refractivity contribution >= 4 is 17.5 Å². The predicted octanol–water partition coefficient (Wildman–Crippen LogP) is 2.98. The van der Waals surface area contributed by atoms with Crippen LogP contribution in [0.15, 0.2) is 48.5 Å². The molecule has 0 aliphatic carbocycles. The van der Waals surface area contributed by atoms with Crippen LogP contribution in [-0.4, -0.2) is 37.4 Å². The van der Waals surface area contributed by atoms with E-state index in [2.05, 4.69) is 29.2 Å². The van der Waals surface area contributed by atoms with Crippen molar-refractivity contribution in [2.24, 2.45) is 0 Å². The molecule has 4 heteroatoms. The minimum absolute atomic E-state index is 0.173. The van der Waals surface area contributed by atoms with Crippen LogP contribution in [0.4, 0.5) is 5.69 Å². The van der Waals surface area contributed by atoms with E-state index < -0.39 is 0 Å². The van der Waals surface area contributed by atoms with Gasteiger partial charge in [-0.05, 0) is 42.7 Å². The Hall–Kier alpha value is -2.62. The monoisotopic (exact) mass is 308 g/mol. The molecule has 0 N–H and O–H groups in total. The van der Waals surface area contributed by atoms with Crippen LogP contribution in [0.25, 0.3) is 0 Å². The predicted molar refractivity (Wildman–Crippen MR) is 90.9 cm³/mol. The molecule has 1 aliphatic heterocycles. The number of imide groups is 1. The van der Waals surface area contributed by atoms with Gasteiger partial charge in [0.25, 0.3) is 11.8 Å². The summed E-state index contributed by atoms with van der Waals surface area (Å²) in [5.41, 5.74) is 3.42. The molecule has 23 heavy (non-hydrogen) atoms. The van der Waals surface area contributed by atoms with Crippen molar-refractivity contribution in [3.05, 3.63) is 65.2 Å². The van der Waals surface area contributed by atoms with Crippen LogP contribution < -0.4 is 4.90 Å². The molecule has 0 bridgehead atoms. The molecule has 0 fully saturated rings. The minimum atomic E-state index is -0.173. The zero-order valence-electron chi connectivity index (χ0n) is 13.5. The summed E-state index contributed by atoms with van der Waals surface area (Å²) in [6, 6.07) is 15.4. The number of anilines is 1. The number of rotatable bonds is 5. The molecular formula is C19H20N2O2. The first-order valence-electron chi connectivity index (χ1n) is 7.79. The highest BCUT2D eigenvalue weighted by Gasteiger charge is 2.34. The van der Waals surface area contributed by atoms with Crippen LogP contribution >= 0.6 is 0 Å². The fourth-order valence-electron chi connectivity index (χ4n) is 2.84. The first-order chi connectivity index (χ1) is 11.1. The molecule has 0 saturated heterocycles. The lowest BCUT2D eigenvalue weighted by Gasteiger charge is -2.14. The molecule has 2 aromatic carbocycles. The van der Waals surface area contributed by atoms with Gasteiger partial charge in [0.1, 0.15) is 0 Å². The normalized spacial score (nSPS) is 13.4. The molecule has 1 heterocycles. The Bertz CT molecular complexity index is 700. The highest BCUT2D eigenvalue weighted by atomic mass is 16.2. The second-order valence-corrected chi connectivity index (χ2v) is 5.97. The van der Waals surface area contributed by atoms with Crippen LogP contribution in [0.3, 0.4) is 0 Å². The highest BCUT2D eigenvalue weighted by molar-refractivity contribution is 6.21. The third-order valence-electron chi connectivity index (χ3n) is 4.18. The average molecular weight is 308 g/mol. The summed E-state index contributed by atoms with van der Waals surface area (Å²) in [6.45, 7) is 0.460. The molecule has 3 rings (SSSR count). The van der Waals surface area contributed by atoms with E-state index in [9.17, 15) is 9.59 Å². The molecule has 0 saturated carbocycles. The van der Waals surface area contributed by atoms with Gasteiger partial charge in [-0.25, -0.2) is 0 Å². The van der Waals surface area contributed by atoms with Gasteiger partial charge in [0.15, 0.2) is 0 Å². The number of benzene rings is 2. The van der Waals surface area contributed by atoms with Crippen molar-refractivity contribution in [2.45, 2.75) is 12.8 Å². The summed E-state index contributed by atoms with van der Waals surface area (Å²) in [4.78, 5) is 28.0. The summed E-state index contributed by atoms with van der Waals surface area (Å²) in [6.07, 6.45) is 1.62. The number of carbonyl (C=O) groups excluding carboxylic acids is 2.